The topological polar surface area (TPSA) is 58.4 Å². The maximum Gasteiger partial charge on any atom is 0.251 e. The van der Waals surface area contributed by atoms with Crippen LogP contribution in [0.5, 0.6) is 0 Å². The van der Waals surface area contributed by atoms with Crippen LogP contribution in [0.4, 0.5) is 11.4 Å². The zero-order chi connectivity index (χ0) is 13.1. The smallest absolute Gasteiger partial charge is 0.251 e. The summed E-state index contributed by atoms with van der Waals surface area (Å²) in [5, 5.41) is 2.60. The van der Waals surface area contributed by atoms with Crippen LogP contribution in [-0.4, -0.2) is 37.6 Å². The third-order valence-corrected chi connectivity index (χ3v) is 4.49. The van der Waals surface area contributed by atoms with E-state index in [0.29, 0.717) is 17.3 Å². The number of thioether (sulfide) groups is 1. The lowest BCUT2D eigenvalue weighted by Gasteiger charge is -2.27. The minimum atomic E-state index is -0.104. The number of nitrogens with zero attached hydrogens (tertiary/aromatic N) is 1. The third kappa shape index (κ3) is 2.56. The summed E-state index contributed by atoms with van der Waals surface area (Å²) in [6, 6.07) is 6.04. The zero-order valence-corrected chi connectivity index (χ0v) is 11.6. The first-order chi connectivity index (χ1) is 8.63. The number of nitrogens with two attached hydrogens (primary N) is 1. The van der Waals surface area contributed by atoms with Crippen molar-refractivity contribution in [1.29, 1.82) is 0 Å². The van der Waals surface area contributed by atoms with Gasteiger partial charge in [-0.05, 0) is 30.4 Å². The Labute approximate surface area is 112 Å². The molecule has 1 unspecified atom stereocenters. The predicted octanol–water partition coefficient (Wildman–Crippen LogP) is 1.57. The van der Waals surface area contributed by atoms with Gasteiger partial charge >= 0.3 is 0 Å². The predicted molar refractivity (Wildman–Crippen MR) is 78.4 cm³/mol. The second-order valence-electron chi connectivity index (χ2n) is 4.48. The van der Waals surface area contributed by atoms with Gasteiger partial charge in [0.05, 0.1) is 11.4 Å². The SMILES string of the molecule is CNC(=O)c1ccc(N(C)C2CCSC2)c(N)c1. The second-order valence-corrected chi connectivity index (χ2v) is 5.63. The Balaban J connectivity index is 2.21. The summed E-state index contributed by atoms with van der Waals surface area (Å²) in [6.45, 7) is 0. The Kier molecular flexibility index (Phi) is 4.01. The van der Waals surface area contributed by atoms with Gasteiger partial charge in [0, 0.05) is 31.5 Å². The Morgan fingerprint density at radius 2 is 2.33 bits per heavy atom. The minimum Gasteiger partial charge on any atom is -0.397 e. The van der Waals surface area contributed by atoms with Crippen molar-refractivity contribution >= 4 is 29.0 Å². The maximum atomic E-state index is 11.5. The molecular formula is C13H19N3OS. The quantitative estimate of drug-likeness (QED) is 0.815. The second kappa shape index (κ2) is 5.52. The van der Waals surface area contributed by atoms with Gasteiger partial charge in [0.1, 0.15) is 0 Å². The van der Waals surface area contributed by atoms with Gasteiger partial charge in [0.2, 0.25) is 0 Å². The average molecular weight is 265 g/mol. The Morgan fingerprint density at radius 3 is 2.89 bits per heavy atom. The van der Waals surface area contributed by atoms with E-state index in [1.54, 1.807) is 13.1 Å². The number of nitrogen functional groups attached to an aromatic ring is 1. The van der Waals surface area contributed by atoms with Crippen LogP contribution >= 0.6 is 11.8 Å². The number of anilines is 2. The molecule has 0 bridgehead atoms. The van der Waals surface area contributed by atoms with E-state index in [1.165, 1.54) is 12.2 Å². The van der Waals surface area contributed by atoms with E-state index in [2.05, 4.69) is 17.3 Å². The molecule has 4 nitrogen and oxygen atoms in total. The van der Waals surface area contributed by atoms with Crippen molar-refractivity contribution in [2.45, 2.75) is 12.5 Å². The van der Waals surface area contributed by atoms with Crippen molar-refractivity contribution in [3.8, 4) is 0 Å². The van der Waals surface area contributed by atoms with Gasteiger partial charge in [-0.2, -0.15) is 11.8 Å². The summed E-state index contributed by atoms with van der Waals surface area (Å²) >= 11 is 1.98. The van der Waals surface area contributed by atoms with Gasteiger partial charge < -0.3 is 16.0 Å². The molecule has 5 heteroatoms. The van der Waals surface area contributed by atoms with Crippen LogP contribution in [0.3, 0.4) is 0 Å². The number of carbonyl (C=O) groups is 1. The largest absolute Gasteiger partial charge is 0.397 e. The molecule has 0 radical (unpaired) electrons. The first-order valence-electron chi connectivity index (χ1n) is 6.05. The Bertz CT molecular complexity index is 444. The Hall–Kier alpha value is -1.36. The van der Waals surface area contributed by atoms with Gasteiger partial charge in [-0.1, -0.05) is 0 Å². The molecule has 1 atom stereocenters. The van der Waals surface area contributed by atoms with Crippen LogP contribution in [0.15, 0.2) is 18.2 Å². The Morgan fingerprint density at radius 1 is 1.56 bits per heavy atom. The number of rotatable bonds is 3. The van der Waals surface area contributed by atoms with E-state index in [0.717, 1.165) is 11.4 Å². The monoisotopic (exact) mass is 265 g/mol. The highest BCUT2D eigenvalue weighted by molar-refractivity contribution is 7.99. The summed E-state index contributed by atoms with van der Waals surface area (Å²) in [5.41, 5.74) is 8.33. The fraction of sp³-hybridized carbons (Fsp3) is 0.462. The lowest BCUT2D eigenvalue weighted by atomic mass is 10.1. The van der Waals surface area contributed by atoms with Crippen molar-refractivity contribution in [3.63, 3.8) is 0 Å². The third-order valence-electron chi connectivity index (χ3n) is 3.35. The molecule has 2 rings (SSSR count). The van der Waals surface area contributed by atoms with E-state index < -0.39 is 0 Å². The number of nitrogens with one attached hydrogen (secondary N) is 1. The molecule has 1 aromatic rings. The highest BCUT2D eigenvalue weighted by Crippen LogP contribution is 2.30. The summed E-state index contributed by atoms with van der Waals surface area (Å²) < 4.78 is 0. The molecular weight excluding hydrogens is 246 g/mol. The fourth-order valence-corrected chi connectivity index (χ4v) is 3.45. The molecule has 98 valence electrons. The molecule has 0 spiro atoms. The molecule has 3 N–H and O–H groups in total. The number of amides is 1. The average Bonchev–Trinajstić information content (AvgIpc) is 2.90. The summed E-state index contributed by atoms with van der Waals surface area (Å²) in [7, 11) is 3.69. The fourth-order valence-electron chi connectivity index (χ4n) is 2.19. The van der Waals surface area contributed by atoms with Gasteiger partial charge in [-0.3, -0.25) is 4.79 Å². The van der Waals surface area contributed by atoms with Crippen molar-refractivity contribution in [2.24, 2.45) is 0 Å². The normalized spacial score (nSPS) is 18.7. The zero-order valence-electron chi connectivity index (χ0n) is 10.8. The van der Waals surface area contributed by atoms with Crippen molar-refractivity contribution < 1.29 is 4.79 Å². The number of hydrogen-bond acceptors (Lipinski definition) is 4. The van der Waals surface area contributed by atoms with E-state index in [4.69, 9.17) is 5.73 Å². The molecule has 1 saturated heterocycles. The molecule has 0 aromatic heterocycles. The first-order valence-corrected chi connectivity index (χ1v) is 7.21. The standard InChI is InChI=1S/C13H19N3OS/c1-15-13(17)9-3-4-12(11(14)7-9)16(2)10-5-6-18-8-10/h3-4,7,10H,5-6,8,14H2,1-2H3,(H,15,17). The molecule has 0 saturated carbocycles. The summed E-state index contributed by atoms with van der Waals surface area (Å²) in [4.78, 5) is 13.7. The highest BCUT2D eigenvalue weighted by atomic mass is 32.2. The number of carbonyl (C=O) groups excluding carboxylic acids is 1. The van der Waals surface area contributed by atoms with E-state index in [-0.39, 0.29) is 5.91 Å². The molecule has 1 aliphatic heterocycles. The molecule has 1 heterocycles. The van der Waals surface area contributed by atoms with Gasteiger partial charge in [-0.15, -0.1) is 0 Å². The van der Waals surface area contributed by atoms with Crippen LogP contribution in [0, 0.1) is 0 Å². The van der Waals surface area contributed by atoms with E-state index in [9.17, 15) is 4.79 Å². The summed E-state index contributed by atoms with van der Waals surface area (Å²) in [6.07, 6.45) is 1.19. The molecule has 1 amide bonds. The van der Waals surface area contributed by atoms with Gasteiger partial charge in [0.15, 0.2) is 0 Å². The molecule has 1 aliphatic rings. The van der Waals surface area contributed by atoms with Crippen LogP contribution in [0.25, 0.3) is 0 Å². The number of benzene rings is 1. The first kappa shape index (κ1) is 13.1. The van der Waals surface area contributed by atoms with E-state index >= 15 is 0 Å². The maximum absolute atomic E-state index is 11.5. The number of hydrogen-bond donors (Lipinski definition) is 2. The van der Waals surface area contributed by atoms with Gasteiger partial charge in [-0.25, -0.2) is 0 Å². The summed E-state index contributed by atoms with van der Waals surface area (Å²) in [5.74, 6) is 2.26. The van der Waals surface area contributed by atoms with Crippen LogP contribution in [-0.2, 0) is 0 Å². The molecule has 18 heavy (non-hydrogen) atoms. The highest BCUT2D eigenvalue weighted by Gasteiger charge is 2.21. The molecule has 0 aliphatic carbocycles. The molecule has 1 fully saturated rings. The minimum absolute atomic E-state index is 0.104. The van der Waals surface area contributed by atoms with Crippen LogP contribution in [0.2, 0.25) is 0 Å². The van der Waals surface area contributed by atoms with Crippen molar-refractivity contribution in [2.75, 3.05) is 36.2 Å². The van der Waals surface area contributed by atoms with Crippen LogP contribution < -0.4 is 16.0 Å². The lowest BCUT2D eigenvalue weighted by molar-refractivity contribution is 0.0963. The van der Waals surface area contributed by atoms with E-state index in [1.807, 2.05) is 23.9 Å². The van der Waals surface area contributed by atoms with Crippen LogP contribution in [0.1, 0.15) is 16.8 Å². The molecule has 1 aromatic carbocycles. The lowest BCUT2D eigenvalue weighted by Crippen LogP contribution is -2.32. The van der Waals surface area contributed by atoms with Crippen molar-refractivity contribution in [3.05, 3.63) is 23.8 Å². The van der Waals surface area contributed by atoms with Gasteiger partial charge in [0.25, 0.3) is 5.91 Å². The van der Waals surface area contributed by atoms with Crippen molar-refractivity contribution in [1.82, 2.24) is 5.32 Å².